The molecule has 0 bridgehead atoms. The SMILES string of the molecule is COc1ccc(C(=O)N2C[C@@H](C(F)(F)F)[C@H](C(=O)O)C2)cc1[N+](=O)[O-]. The van der Waals surface area contributed by atoms with Crippen LogP contribution in [0.4, 0.5) is 18.9 Å². The lowest BCUT2D eigenvalue weighted by atomic mass is 9.96. The van der Waals surface area contributed by atoms with E-state index >= 15 is 0 Å². The van der Waals surface area contributed by atoms with Crippen LogP contribution < -0.4 is 4.74 Å². The topological polar surface area (TPSA) is 110 Å². The minimum Gasteiger partial charge on any atom is -0.490 e. The van der Waals surface area contributed by atoms with Gasteiger partial charge in [-0.3, -0.25) is 19.7 Å². The van der Waals surface area contributed by atoms with Crippen LogP contribution in [-0.2, 0) is 4.79 Å². The van der Waals surface area contributed by atoms with Gasteiger partial charge in [-0.25, -0.2) is 0 Å². The van der Waals surface area contributed by atoms with Crippen molar-refractivity contribution in [2.75, 3.05) is 20.2 Å². The summed E-state index contributed by atoms with van der Waals surface area (Å²) in [5, 5.41) is 19.9. The van der Waals surface area contributed by atoms with E-state index < -0.39 is 53.6 Å². The van der Waals surface area contributed by atoms with Crippen molar-refractivity contribution in [2.24, 2.45) is 11.8 Å². The molecule has 0 radical (unpaired) electrons. The molecule has 1 amide bonds. The molecular formula is C14H13F3N2O6. The van der Waals surface area contributed by atoms with E-state index in [0.717, 1.165) is 17.0 Å². The molecule has 1 fully saturated rings. The Morgan fingerprint density at radius 3 is 2.44 bits per heavy atom. The molecule has 2 atom stereocenters. The molecule has 1 aromatic carbocycles. The Morgan fingerprint density at radius 1 is 1.36 bits per heavy atom. The number of carboxylic acids is 1. The lowest BCUT2D eigenvalue weighted by Gasteiger charge is -2.18. The van der Waals surface area contributed by atoms with Crippen molar-refractivity contribution in [3.05, 3.63) is 33.9 Å². The van der Waals surface area contributed by atoms with Crippen LogP contribution in [0.5, 0.6) is 5.75 Å². The minimum atomic E-state index is -4.77. The van der Waals surface area contributed by atoms with Crippen molar-refractivity contribution in [3.63, 3.8) is 0 Å². The highest BCUT2D eigenvalue weighted by atomic mass is 19.4. The van der Waals surface area contributed by atoms with E-state index in [1.165, 1.54) is 13.2 Å². The first-order chi connectivity index (χ1) is 11.6. The first kappa shape index (κ1) is 18.5. The quantitative estimate of drug-likeness (QED) is 0.647. The number of nitrogens with zero attached hydrogens (tertiary/aromatic N) is 2. The van der Waals surface area contributed by atoms with E-state index in [-0.39, 0.29) is 11.3 Å². The van der Waals surface area contributed by atoms with Gasteiger partial charge >= 0.3 is 17.8 Å². The fourth-order valence-corrected chi connectivity index (χ4v) is 2.70. The Bertz CT molecular complexity index is 721. The van der Waals surface area contributed by atoms with Crippen LogP contribution >= 0.6 is 0 Å². The molecule has 2 rings (SSSR count). The van der Waals surface area contributed by atoms with Crippen LogP contribution in [0.2, 0.25) is 0 Å². The highest BCUT2D eigenvalue weighted by molar-refractivity contribution is 5.95. The van der Waals surface area contributed by atoms with Crippen molar-refractivity contribution in [2.45, 2.75) is 6.18 Å². The van der Waals surface area contributed by atoms with Crippen LogP contribution in [0.3, 0.4) is 0 Å². The van der Waals surface area contributed by atoms with Crippen molar-refractivity contribution in [1.82, 2.24) is 4.90 Å². The van der Waals surface area contributed by atoms with E-state index in [0.29, 0.717) is 0 Å². The summed E-state index contributed by atoms with van der Waals surface area (Å²) in [6, 6.07) is 3.21. The lowest BCUT2D eigenvalue weighted by molar-refractivity contribution is -0.385. The number of halogens is 3. The molecule has 1 aliphatic rings. The number of likely N-dealkylation sites (tertiary alicyclic amines) is 1. The highest BCUT2D eigenvalue weighted by Crippen LogP contribution is 2.38. The number of hydrogen-bond acceptors (Lipinski definition) is 5. The maximum Gasteiger partial charge on any atom is 0.394 e. The van der Waals surface area contributed by atoms with Crippen LogP contribution in [0.25, 0.3) is 0 Å². The summed E-state index contributed by atoms with van der Waals surface area (Å²) in [6.45, 7) is -1.45. The molecule has 1 heterocycles. The number of nitro groups is 1. The number of alkyl halides is 3. The summed E-state index contributed by atoms with van der Waals surface area (Å²) in [5.74, 6) is -6.65. The maximum atomic E-state index is 13.0. The van der Waals surface area contributed by atoms with Gasteiger partial charge < -0.3 is 14.7 Å². The van der Waals surface area contributed by atoms with Crippen LogP contribution in [0.1, 0.15) is 10.4 Å². The molecular weight excluding hydrogens is 349 g/mol. The molecule has 8 nitrogen and oxygen atoms in total. The Kier molecular flexibility index (Phi) is 4.86. The number of nitro benzene ring substituents is 1. The second kappa shape index (κ2) is 6.57. The van der Waals surface area contributed by atoms with Gasteiger partial charge in [-0.15, -0.1) is 0 Å². The number of aliphatic carboxylic acids is 1. The molecule has 0 aromatic heterocycles. The van der Waals surface area contributed by atoms with E-state index in [4.69, 9.17) is 9.84 Å². The molecule has 1 aliphatic heterocycles. The fourth-order valence-electron chi connectivity index (χ4n) is 2.70. The van der Waals surface area contributed by atoms with Gasteiger partial charge in [0, 0.05) is 24.7 Å². The van der Waals surface area contributed by atoms with Crippen LogP contribution in [-0.4, -0.2) is 53.2 Å². The first-order valence-electron chi connectivity index (χ1n) is 6.97. The van der Waals surface area contributed by atoms with Gasteiger partial charge in [0.15, 0.2) is 5.75 Å². The molecule has 1 aromatic rings. The molecule has 0 unspecified atom stereocenters. The third-order valence-electron chi connectivity index (χ3n) is 3.97. The summed E-state index contributed by atoms with van der Waals surface area (Å²) in [5.41, 5.74) is -0.742. The number of amides is 1. The van der Waals surface area contributed by atoms with Gasteiger partial charge in [0.2, 0.25) is 0 Å². The van der Waals surface area contributed by atoms with Crippen molar-refractivity contribution in [3.8, 4) is 5.75 Å². The molecule has 136 valence electrons. The summed E-state index contributed by atoms with van der Waals surface area (Å²) in [7, 11) is 1.19. The Hall–Kier alpha value is -2.85. The standard InChI is InChI=1S/C14H13F3N2O6/c1-25-11-3-2-7(4-10(11)19(23)24)12(20)18-5-8(13(21)22)9(6-18)14(15,16)17/h2-4,8-9H,5-6H2,1H3,(H,21,22)/t8-,9-/m1/s1. The third-order valence-corrected chi connectivity index (χ3v) is 3.97. The predicted molar refractivity (Wildman–Crippen MR) is 76.2 cm³/mol. The lowest BCUT2D eigenvalue weighted by Crippen LogP contribution is -2.34. The maximum absolute atomic E-state index is 13.0. The van der Waals surface area contributed by atoms with Gasteiger partial charge in [0.05, 0.1) is 23.9 Å². The zero-order valence-electron chi connectivity index (χ0n) is 12.8. The summed E-state index contributed by atoms with van der Waals surface area (Å²) in [6.07, 6.45) is -4.77. The average Bonchev–Trinajstić information content (AvgIpc) is 2.99. The van der Waals surface area contributed by atoms with E-state index in [9.17, 15) is 32.9 Å². The number of hydrogen-bond donors (Lipinski definition) is 1. The number of methoxy groups -OCH3 is 1. The number of carbonyl (C=O) groups excluding carboxylic acids is 1. The van der Waals surface area contributed by atoms with Crippen molar-refractivity contribution in [1.29, 1.82) is 0 Å². The Balaban J connectivity index is 2.31. The number of carboxylic acid groups (broad SMARTS) is 1. The van der Waals surface area contributed by atoms with Crippen LogP contribution in [0.15, 0.2) is 18.2 Å². The zero-order valence-corrected chi connectivity index (χ0v) is 12.8. The first-order valence-corrected chi connectivity index (χ1v) is 6.97. The summed E-state index contributed by atoms with van der Waals surface area (Å²) in [4.78, 5) is 34.3. The van der Waals surface area contributed by atoms with Crippen LogP contribution in [0, 0.1) is 22.0 Å². The molecule has 11 heteroatoms. The second-order valence-electron chi connectivity index (χ2n) is 5.45. The largest absolute Gasteiger partial charge is 0.490 e. The Labute approximate surface area is 138 Å². The fraction of sp³-hybridized carbons (Fsp3) is 0.429. The number of rotatable bonds is 4. The molecule has 1 N–H and O–H groups in total. The van der Waals surface area contributed by atoms with Gasteiger partial charge in [0.1, 0.15) is 0 Å². The molecule has 1 saturated heterocycles. The van der Waals surface area contributed by atoms with E-state index in [2.05, 4.69) is 0 Å². The van der Waals surface area contributed by atoms with Gasteiger partial charge in [-0.1, -0.05) is 0 Å². The Morgan fingerprint density at radius 2 is 2.00 bits per heavy atom. The van der Waals surface area contributed by atoms with Gasteiger partial charge in [-0.2, -0.15) is 13.2 Å². The molecule has 0 saturated carbocycles. The third kappa shape index (κ3) is 3.64. The average molecular weight is 362 g/mol. The summed E-state index contributed by atoms with van der Waals surface area (Å²) < 4.78 is 43.7. The number of carbonyl (C=O) groups is 2. The van der Waals surface area contributed by atoms with Crippen molar-refractivity contribution >= 4 is 17.6 Å². The molecule has 25 heavy (non-hydrogen) atoms. The molecule has 0 spiro atoms. The monoisotopic (exact) mass is 362 g/mol. The zero-order chi connectivity index (χ0) is 18.9. The van der Waals surface area contributed by atoms with Crippen molar-refractivity contribution < 1.29 is 37.5 Å². The normalized spacial score (nSPS) is 20.4. The number of ether oxygens (including phenoxy) is 1. The minimum absolute atomic E-state index is 0.112. The van der Waals surface area contributed by atoms with Gasteiger partial charge in [-0.05, 0) is 12.1 Å². The second-order valence-corrected chi connectivity index (χ2v) is 5.45. The predicted octanol–water partition coefficient (Wildman–Crippen LogP) is 1.94. The summed E-state index contributed by atoms with van der Waals surface area (Å²) >= 11 is 0. The van der Waals surface area contributed by atoms with E-state index in [1.54, 1.807) is 0 Å². The number of benzene rings is 1. The smallest absolute Gasteiger partial charge is 0.394 e. The van der Waals surface area contributed by atoms with Gasteiger partial charge in [0.25, 0.3) is 5.91 Å². The molecule has 0 aliphatic carbocycles. The highest BCUT2D eigenvalue weighted by Gasteiger charge is 2.53. The van der Waals surface area contributed by atoms with E-state index in [1.807, 2.05) is 0 Å².